The van der Waals surface area contributed by atoms with E-state index in [2.05, 4.69) is 58.1 Å². The van der Waals surface area contributed by atoms with Crippen molar-refractivity contribution in [1.29, 1.82) is 0 Å². The third-order valence-electron chi connectivity index (χ3n) is 8.69. The van der Waals surface area contributed by atoms with Gasteiger partial charge in [-0.2, -0.15) is 0 Å². The van der Waals surface area contributed by atoms with Crippen molar-refractivity contribution in [3.05, 3.63) is 95.7 Å². The Bertz CT molecular complexity index is 1470. The van der Waals surface area contributed by atoms with Gasteiger partial charge in [-0.3, -0.25) is 10.1 Å². The molecule has 0 bridgehead atoms. The largest absolute Gasteiger partial charge is 0.467 e. The van der Waals surface area contributed by atoms with Crippen LogP contribution in [0.15, 0.2) is 78.9 Å². The van der Waals surface area contributed by atoms with Crippen molar-refractivity contribution >= 4 is 22.8 Å². The summed E-state index contributed by atoms with van der Waals surface area (Å²) in [6, 6.07) is 25.6. The van der Waals surface area contributed by atoms with Crippen molar-refractivity contribution in [1.82, 2.24) is 15.6 Å². The lowest BCUT2D eigenvalue weighted by atomic mass is 9.79. The van der Waals surface area contributed by atoms with Crippen molar-refractivity contribution in [2.75, 3.05) is 7.11 Å². The summed E-state index contributed by atoms with van der Waals surface area (Å²) in [5, 5.41) is 7.92. The van der Waals surface area contributed by atoms with Crippen LogP contribution in [0, 0.1) is 5.92 Å². The number of rotatable bonds is 7. The van der Waals surface area contributed by atoms with Gasteiger partial charge in [0.1, 0.15) is 6.04 Å². The number of aromatic nitrogens is 1. The van der Waals surface area contributed by atoms with E-state index in [0.29, 0.717) is 18.8 Å². The van der Waals surface area contributed by atoms with Crippen LogP contribution in [0.25, 0.3) is 22.0 Å². The van der Waals surface area contributed by atoms with E-state index in [1.807, 2.05) is 36.4 Å². The monoisotopic (exact) mass is 535 g/mol. The van der Waals surface area contributed by atoms with Crippen LogP contribution in [0.2, 0.25) is 0 Å². The number of fused-ring (bicyclic) bond motifs is 3. The number of methoxy groups -OCH3 is 1. The van der Waals surface area contributed by atoms with E-state index in [-0.39, 0.29) is 11.9 Å². The second kappa shape index (κ2) is 11.7. The molecule has 1 aliphatic carbocycles. The molecule has 3 aromatic carbocycles. The molecule has 1 amide bonds. The summed E-state index contributed by atoms with van der Waals surface area (Å²) >= 11 is 0. The van der Waals surface area contributed by atoms with Crippen molar-refractivity contribution in [2.45, 2.75) is 63.1 Å². The number of para-hydroxylation sites is 1. The fourth-order valence-corrected chi connectivity index (χ4v) is 6.58. The Hall–Kier alpha value is -3.90. The number of carbonyl (C=O) groups excluding carboxylic acids is 2. The summed E-state index contributed by atoms with van der Waals surface area (Å²) in [5.41, 5.74) is 6.77. The number of amides is 1. The third kappa shape index (κ3) is 5.41. The maximum Gasteiger partial charge on any atom is 0.328 e. The zero-order valence-electron chi connectivity index (χ0n) is 23.0. The standard InChI is InChI=1S/C34H37N3O3/c1-40-34(39)30(20-22-16-18-24(19-17-22)23-10-4-2-5-11-23)37-33(38)29-21-27-26-14-8-9-15-28(26)35-32(27)31(36-29)25-12-6-3-7-13-25/h2,4-5,8-11,14-19,25,29-31,35-36H,3,6-7,12-13,20-21H2,1H3,(H,37,38)/t29-,30?,31-/m1/s1. The molecule has 6 rings (SSSR count). The first-order chi connectivity index (χ1) is 19.6. The van der Waals surface area contributed by atoms with Crippen LogP contribution in [0.5, 0.6) is 0 Å². The van der Waals surface area contributed by atoms with Gasteiger partial charge in [0, 0.05) is 23.0 Å². The first kappa shape index (κ1) is 26.3. The summed E-state index contributed by atoms with van der Waals surface area (Å²) in [5.74, 6) is -0.114. The second-order valence-corrected chi connectivity index (χ2v) is 11.2. The Kier molecular flexibility index (Phi) is 7.69. The molecule has 6 nitrogen and oxygen atoms in total. The molecule has 206 valence electrons. The number of carbonyl (C=O) groups is 2. The molecular formula is C34H37N3O3. The zero-order valence-corrected chi connectivity index (χ0v) is 23.0. The topological polar surface area (TPSA) is 83.2 Å². The lowest BCUT2D eigenvalue weighted by Gasteiger charge is -2.37. The zero-order chi connectivity index (χ0) is 27.5. The molecule has 1 fully saturated rings. The van der Waals surface area contributed by atoms with Crippen LogP contribution < -0.4 is 10.6 Å². The predicted molar refractivity (Wildman–Crippen MR) is 158 cm³/mol. The summed E-state index contributed by atoms with van der Waals surface area (Å²) in [6.07, 6.45) is 6.99. The minimum atomic E-state index is -0.764. The van der Waals surface area contributed by atoms with E-state index >= 15 is 0 Å². The maximum atomic E-state index is 13.8. The van der Waals surface area contributed by atoms with Gasteiger partial charge >= 0.3 is 5.97 Å². The van der Waals surface area contributed by atoms with Gasteiger partial charge in [-0.25, -0.2) is 4.79 Å². The first-order valence-electron chi connectivity index (χ1n) is 14.5. The summed E-state index contributed by atoms with van der Waals surface area (Å²) in [7, 11) is 1.37. The molecule has 0 spiro atoms. The molecule has 1 unspecified atom stereocenters. The highest BCUT2D eigenvalue weighted by molar-refractivity contribution is 5.90. The molecule has 1 aromatic heterocycles. The van der Waals surface area contributed by atoms with Crippen LogP contribution in [-0.2, 0) is 27.2 Å². The molecule has 3 N–H and O–H groups in total. The van der Waals surface area contributed by atoms with Gasteiger partial charge in [0.25, 0.3) is 0 Å². The number of nitrogens with one attached hydrogen (secondary N) is 3. The number of ether oxygens (including phenoxy) is 1. The van der Waals surface area contributed by atoms with Gasteiger partial charge in [0.05, 0.1) is 19.2 Å². The van der Waals surface area contributed by atoms with Crippen LogP contribution in [0.1, 0.15) is 55.0 Å². The highest BCUT2D eigenvalue weighted by Gasteiger charge is 2.38. The molecule has 1 saturated carbocycles. The van der Waals surface area contributed by atoms with E-state index in [1.165, 1.54) is 43.0 Å². The van der Waals surface area contributed by atoms with Gasteiger partial charge in [0.2, 0.25) is 5.91 Å². The van der Waals surface area contributed by atoms with Crippen molar-refractivity contribution in [3.8, 4) is 11.1 Å². The smallest absolute Gasteiger partial charge is 0.328 e. The summed E-state index contributed by atoms with van der Waals surface area (Å²) in [4.78, 5) is 30.2. The number of hydrogen-bond donors (Lipinski definition) is 3. The summed E-state index contributed by atoms with van der Waals surface area (Å²) in [6.45, 7) is 0. The first-order valence-corrected chi connectivity index (χ1v) is 14.5. The molecule has 1 aliphatic heterocycles. The Labute approximate surface area is 235 Å². The molecule has 4 aromatic rings. The number of benzene rings is 3. The highest BCUT2D eigenvalue weighted by atomic mass is 16.5. The fourth-order valence-electron chi connectivity index (χ4n) is 6.58. The fraction of sp³-hybridized carbons (Fsp3) is 0.353. The SMILES string of the molecule is COC(=O)C(Cc1ccc(-c2ccccc2)cc1)NC(=O)[C@H]1Cc2c([nH]c3ccccc23)[C@@H](C2CCCCC2)N1. The van der Waals surface area contributed by atoms with E-state index in [9.17, 15) is 9.59 Å². The van der Waals surface area contributed by atoms with Crippen molar-refractivity contribution in [3.63, 3.8) is 0 Å². The Morgan fingerprint density at radius 2 is 1.60 bits per heavy atom. The van der Waals surface area contributed by atoms with Gasteiger partial charge in [-0.1, -0.05) is 92.1 Å². The lowest BCUT2D eigenvalue weighted by molar-refractivity contribution is -0.145. The van der Waals surface area contributed by atoms with E-state index in [1.54, 1.807) is 0 Å². The third-order valence-corrected chi connectivity index (χ3v) is 8.69. The van der Waals surface area contributed by atoms with Crippen LogP contribution in [0.3, 0.4) is 0 Å². The maximum absolute atomic E-state index is 13.8. The van der Waals surface area contributed by atoms with Gasteiger partial charge in [-0.15, -0.1) is 0 Å². The number of aromatic amines is 1. The highest BCUT2D eigenvalue weighted by Crippen LogP contribution is 2.40. The molecule has 2 aliphatic rings. The predicted octanol–water partition coefficient (Wildman–Crippen LogP) is 5.87. The number of hydrogen-bond acceptors (Lipinski definition) is 4. The average molecular weight is 536 g/mol. The normalized spacial score (nSPS) is 20.0. The summed E-state index contributed by atoms with van der Waals surface area (Å²) < 4.78 is 5.10. The van der Waals surface area contributed by atoms with Crippen LogP contribution in [-0.4, -0.2) is 36.1 Å². The minimum Gasteiger partial charge on any atom is -0.467 e. The van der Waals surface area contributed by atoms with Crippen molar-refractivity contribution < 1.29 is 14.3 Å². The van der Waals surface area contributed by atoms with E-state index in [4.69, 9.17) is 4.74 Å². The second-order valence-electron chi connectivity index (χ2n) is 11.2. The van der Waals surface area contributed by atoms with Crippen molar-refractivity contribution in [2.24, 2.45) is 5.92 Å². The minimum absolute atomic E-state index is 0.0920. The molecule has 0 saturated heterocycles. The molecule has 0 radical (unpaired) electrons. The molecule has 2 heterocycles. The van der Waals surface area contributed by atoms with Crippen LogP contribution in [0.4, 0.5) is 0 Å². The molecular weight excluding hydrogens is 498 g/mol. The lowest BCUT2D eigenvalue weighted by Crippen LogP contribution is -2.55. The average Bonchev–Trinajstić information content (AvgIpc) is 3.40. The molecule has 40 heavy (non-hydrogen) atoms. The Balaban J connectivity index is 1.22. The van der Waals surface area contributed by atoms with Gasteiger partial charge < -0.3 is 15.0 Å². The quantitative estimate of drug-likeness (QED) is 0.259. The molecule has 6 heteroatoms. The van der Waals surface area contributed by atoms with E-state index < -0.39 is 18.1 Å². The number of esters is 1. The Morgan fingerprint density at radius 1 is 0.900 bits per heavy atom. The molecule has 3 atom stereocenters. The van der Waals surface area contributed by atoms with E-state index in [0.717, 1.165) is 35.0 Å². The van der Waals surface area contributed by atoms with Gasteiger partial charge in [0.15, 0.2) is 0 Å². The Morgan fingerprint density at radius 3 is 2.35 bits per heavy atom. The number of H-pyrrole nitrogens is 1. The van der Waals surface area contributed by atoms with Gasteiger partial charge in [-0.05, 0) is 53.5 Å². The van der Waals surface area contributed by atoms with Crippen LogP contribution >= 0.6 is 0 Å².